The molecule has 3 nitrogen and oxygen atoms in total. The van der Waals surface area contributed by atoms with Gasteiger partial charge in [-0.15, -0.1) is 0 Å². The van der Waals surface area contributed by atoms with E-state index in [1.54, 1.807) is 0 Å². The van der Waals surface area contributed by atoms with Crippen LogP contribution < -0.4 is 10.2 Å². The number of hydrogen-bond acceptors (Lipinski definition) is 3. The lowest BCUT2D eigenvalue weighted by molar-refractivity contribution is 0.454. The van der Waals surface area contributed by atoms with Crippen molar-refractivity contribution in [3.05, 3.63) is 59.4 Å². The molecule has 1 aliphatic heterocycles. The van der Waals surface area contributed by atoms with Gasteiger partial charge in [0.25, 0.3) is 0 Å². The highest BCUT2D eigenvalue weighted by Crippen LogP contribution is 2.20. The molecule has 1 aromatic heterocycles. The summed E-state index contributed by atoms with van der Waals surface area (Å²) in [6.45, 7) is 7.28. The Kier molecular flexibility index (Phi) is 4.20. The van der Waals surface area contributed by atoms with Gasteiger partial charge >= 0.3 is 0 Å². The molecule has 21 heavy (non-hydrogen) atoms. The zero-order valence-corrected chi connectivity index (χ0v) is 12.8. The molecule has 1 unspecified atom stereocenters. The summed E-state index contributed by atoms with van der Waals surface area (Å²) in [6, 6.07) is 15.5. The van der Waals surface area contributed by atoms with Crippen molar-refractivity contribution in [3.8, 4) is 0 Å². The molecule has 1 aliphatic rings. The van der Waals surface area contributed by atoms with Gasteiger partial charge in [0.05, 0.1) is 11.4 Å². The quantitative estimate of drug-likeness (QED) is 0.937. The first kappa shape index (κ1) is 14.1. The fraction of sp³-hybridized carbons (Fsp3) is 0.389. The molecule has 1 saturated heterocycles. The van der Waals surface area contributed by atoms with E-state index in [1.165, 1.54) is 11.3 Å². The van der Waals surface area contributed by atoms with Gasteiger partial charge in [0, 0.05) is 31.4 Å². The number of nitrogens with zero attached hydrogens (tertiary/aromatic N) is 2. The average molecular weight is 281 g/mol. The topological polar surface area (TPSA) is 28.2 Å². The molecule has 0 spiro atoms. The Morgan fingerprint density at radius 2 is 1.95 bits per heavy atom. The molecule has 0 saturated carbocycles. The second-order valence-electron chi connectivity index (χ2n) is 5.84. The van der Waals surface area contributed by atoms with E-state index in [9.17, 15) is 0 Å². The van der Waals surface area contributed by atoms with E-state index < -0.39 is 0 Å². The number of anilines is 1. The van der Waals surface area contributed by atoms with E-state index in [4.69, 9.17) is 0 Å². The largest absolute Gasteiger partial charge is 0.367 e. The van der Waals surface area contributed by atoms with Crippen LogP contribution in [-0.4, -0.2) is 30.7 Å². The third-order valence-corrected chi connectivity index (χ3v) is 4.12. The Labute approximate surface area is 127 Å². The number of benzene rings is 1. The number of rotatable bonds is 3. The van der Waals surface area contributed by atoms with E-state index in [0.717, 1.165) is 37.4 Å². The van der Waals surface area contributed by atoms with Gasteiger partial charge in [0.1, 0.15) is 0 Å². The van der Waals surface area contributed by atoms with E-state index in [0.29, 0.717) is 6.04 Å². The first-order chi connectivity index (χ1) is 10.2. The van der Waals surface area contributed by atoms with Gasteiger partial charge in [-0.3, -0.25) is 4.98 Å². The number of aromatic nitrogens is 1. The summed E-state index contributed by atoms with van der Waals surface area (Å²) >= 11 is 0. The van der Waals surface area contributed by atoms with Crippen molar-refractivity contribution in [2.24, 2.45) is 0 Å². The molecule has 0 aliphatic carbocycles. The van der Waals surface area contributed by atoms with Crippen molar-refractivity contribution < 1.29 is 0 Å². The molecule has 2 heterocycles. The van der Waals surface area contributed by atoms with Crippen LogP contribution in [0.25, 0.3) is 0 Å². The van der Waals surface area contributed by atoms with Crippen molar-refractivity contribution in [2.45, 2.75) is 26.3 Å². The summed E-state index contributed by atoms with van der Waals surface area (Å²) in [6.07, 6.45) is 1.08. The lowest BCUT2D eigenvalue weighted by Gasteiger charge is -2.36. The molecule has 1 atom stereocenters. The van der Waals surface area contributed by atoms with Crippen molar-refractivity contribution in [1.82, 2.24) is 10.3 Å². The van der Waals surface area contributed by atoms with Crippen LogP contribution in [0.1, 0.15) is 17.0 Å². The van der Waals surface area contributed by atoms with Gasteiger partial charge in [0.15, 0.2) is 0 Å². The lowest BCUT2D eigenvalue weighted by Crippen LogP contribution is -2.51. The molecule has 1 N–H and O–H groups in total. The predicted octanol–water partition coefficient (Wildman–Crippen LogP) is 2.72. The summed E-state index contributed by atoms with van der Waals surface area (Å²) in [5.74, 6) is 0. The minimum Gasteiger partial charge on any atom is -0.367 e. The fourth-order valence-corrected chi connectivity index (χ4v) is 3.09. The number of nitrogens with one attached hydrogen (secondary N) is 1. The molecular weight excluding hydrogens is 258 g/mol. The first-order valence-corrected chi connectivity index (χ1v) is 7.69. The summed E-state index contributed by atoms with van der Waals surface area (Å²) in [7, 11) is 0. The monoisotopic (exact) mass is 281 g/mol. The summed E-state index contributed by atoms with van der Waals surface area (Å²) in [5.41, 5.74) is 4.90. The maximum atomic E-state index is 4.60. The number of pyridine rings is 1. The Balaban J connectivity index is 1.71. The molecule has 3 heteroatoms. The molecule has 1 aromatic carbocycles. The highest BCUT2D eigenvalue weighted by Gasteiger charge is 2.21. The molecule has 0 amide bonds. The summed E-state index contributed by atoms with van der Waals surface area (Å²) < 4.78 is 0. The SMILES string of the molecule is Cc1ccc(N2CCNC(Cc3ccccc3)C2)c(C)n1. The normalized spacial score (nSPS) is 18.8. The summed E-state index contributed by atoms with van der Waals surface area (Å²) in [4.78, 5) is 7.06. The van der Waals surface area contributed by atoms with E-state index in [1.807, 2.05) is 6.92 Å². The number of hydrogen-bond donors (Lipinski definition) is 1. The number of piperazine rings is 1. The standard InChI is InChI=1S/C18H23N3/c1-14-8-9-18(15(2)20-14)21-11-10-19-17(13-21)12-16-6-4-3-5-7-16/h3-9,17,19H,10-13H2,1-2H3. The molecule has 0 bridgehead atoms. The van der Waals surface area contributed by atoms with Gasteiger partial charge in [0.2, 0.25) is 0 Å². The maximum Gasteiger partial charge on any atom is 0.0608 e. The number of aryl methyl sites for hydroxylation is 2. The fourth-order valence-electron chi connectivity index (χ4n) is 3.09. The molecule has 110 valence electrons. The lowest BCUT2D eigenvalue weighted by atomic mass is 10.0. The molecule has 1 fully saturated rings. The Bertz CT molecular complexity index is 595. The van der Waals surface area contributed by atoms with Gasteiger partial charge in [-0.2, -0.15) is 0 Å². The third-order valence-electron chi connectivity index (χ3n) is 4.12. The van der Waals surface area contributed by atoms with E-state index >= 15 is 0 Å². The third kappa shape index (κ3) is 3.42. The Hall–Kier alpha value is -1.87. The molecule has 3 rings (SSSR count). The smallest absolute Gasteiger partial charge is 0.0608 e. The average Bonchev–Trinajstić information content (AvgIpc) is 2.48. The second kappa shape index (κ2) is 6.27. The molecular formula is C18H23N3. The van der Waals surface area contributed by atoms with Crippen LogP contribution >= 0.6 is 0 Å². The van der Waals surface area contributed by atoms with Crippen LogP contribution in [0.5, 0.6) is 0 Å². The maximum absolute atomic E-state index is 4.60. The zero-order valence-electron chi connectivity index (χ0n) is 12.8. The molecule has 2 aromatic rings. The van der Waals surface area contributed by atoms with Crippen molar-refractivity contribution in [1.29, 1.82) is 0 Å². The Morgan fingerprint density at radius 1 is 1.14 bits per heavy atom. The van der Waals surface area contributed by atoms with Gasteiger partial charge in [-0.05, 0) is 38.0 Å². The van der Waals surface area contributed by atoms with Crippen LogP contribution in [0.15, 0.2) is 42.5 Å². The Morgan fingerprint density at radius 3 is 2.71 bits per heavy atom. The van der Waals surface area contributed by atoms with Crippen molar-refractivity contribution in [3.63, 3.8) is 0 Å². The van der Waals surface area contributed by atoms with Gasteiger partial charge in [-0.1, -0.05) is 30.3 Å². The van der Waals surface area contributed by atoms with Crippen LogP contribution in [0.2, 0.25) is 0 Å². The van der Waals surface area contributed by atoms with Crippen LogP contribution in [-0.2, 0) is 6.42 Å². The highest BCUT2D eigenvalue weighted by atomic mass is 15.2. The first-order valence-electron chi connectivity index (χ1n) is 7.69. The summed E-state index contributed by atoms with van der Waals surface area (Å²) in [5, 5.41) is 3.64. The van der Waals surface area contributed by atoms with Crippen LogP contribution in [0, 0.1) is 13.8 Å². The van der Waals surface area contributed by atoms with Crippen LogP contribution in [0.3, 0.4) is 0 Å². The van der Waals surface area contributed by atoms with Gasteiger partial charge in [-0.25, -0.2) is 0 Å². The van der Waals surface area contributed by atoms with Gasteiger partial charge < -0.3 is 10.2 Å². The minimum absolute atomic E-state index is 0.502. The van der Waals surface area contributed by atoms with Crippen molar-refractivity contribution >= 4 is 5.69 Å². The van der Waals surface area contributed by atoms with E-state index in [-0.39, 0.29) is 0 Å². The van der Waals surface area contributed by atoms with Crippen molar-refractivity contribution in [2.75, 3.05) is 24.5 Å². The zero-order chi connectivity index (χ0) is 14.7. The van der Waals surface area contributed by atoms with E-state index in [2.05, 4.69) is 64.6 Å². The highest BCUT2D eigenvalue weighted by molar-refractivity contribution is 5.51. The second-order valence-corrected chi connectivity index (χ2v) is 5.84. The van der Waals surface area contributed by atoms with Crippen LogP contribution in [0.4, 0.5) is 5.69 Å². The minimum atomic E-state index is 0.502. The predicted molar refractivity (Wildman–Crippen MR) is 87.9 cm³/mol. The molecule has 0 radical (unpaired) electrons.